The van der Waals surface area contributed by atoms with E-state index < -0.39 is 25.6 Å². The highest BCUT2D eigenvalue weighted by atomic mass is 35.5. The zero-order valence-corrected chi connectivity index (χ0v) is 49.9. The van der Waals surface area contributed by atoms with Crippen molar-refractivity contribution < 1.29 is 21.6 Å². The van der Waals surface area contributed by atoms with Gasteiger partial charge in [0.25, 0.3) is 11.1 Å². The molecule has 2 aliphatic rings. The lowest BCUT2D eigenvalue weighted by molar-refractivity contribution is 0.383. The first-order chi connectivity index (χ1) is 40.6. The number of ether oxygens (including phenoxy) is 1. The van der Waals surface area contributed by atoms with Gasteiger partial charge >= 0.3 is 0 Å². The normalized spacial score (nSPS) is 12.8. The molecule has 0 spiro atoms. The second kappa shape index (κ2) is 32.5. The average molecular weight is 1250 g/mol. The van der Waals surface area contributed by atoms with Crippen LogP contribution in [-0.4, -0.2) is 104 Å². The van der Waals surface area contributed by atoms with Gasteiger partial charge in [0.1, 0.15) is 15.7 Å². The molecule has 5 aromatic carbocycles. The Hall–Kier alpha value is -8.60. The third-order valence-electron chi connectivity index (χ3n) is 12.3. The molecule has 15 nitrogen and oxygen atoms in total. The Kier molecular flexibility index (Phi) is 25.0. The predicted molar refractivity (Wildman–Crippen MR) is 338 cm³/mol. The van der Waals surface area contributed by atoms with E-state index in [1.807, 2.05) is 82.6 Å². The maximum atomic E-state index is 13.8. The number of benzene rings is 5. The van der Waals surface area contributed by atoms with Gasteiger partial charge in [-0.1, -0.05) is 126 Å². The Morgan fingerprint density at radius 3 is 1.28 bits per heavy atom. The summed E-state index contributed by atoms with van der Waals surface area (Å²) in [5.41, 5.74) is 32.6. The molecule has 7 aromatic rings. The molecule has 0 unspecified atom stereocenters. The zero-order valence-electron chi connectivity index (χ0n) is 45.1. The van der Waals surface area contributed by atoms with E-state index in [1.165, 1.54) is 35.9 Å². The first-order valence-corrected chi connectivity index (χ1v) is 30.6. The molecule has 85 heavy (non-hydrogen) atoms. The average Bonchev–Trinajstić information content (AvgIpc) is 3.03. The Balaban J connectivity index is 0.000000225. The van der Waals surface area contributed by atoms with Crippen molar-refractivity contribution in [3.8, 4) is 17.1 Å². The molecule has 9 rings (SSSR count). The second-order valence-electron chi connectivity index (χ2n) is 17.7. The highest BCUT2D eigenvalue weighted by Gasteiger charge is 2.31. The molecular formula is C64H55Cl3N8O7S3. The van der Waals surface area contributed by atoms with Crippen molar-refractivity contribution >= 4 is 78.0 Å². The van der Waals surface area contributed by atoms with E-state index in [2.05, 4.69) is 92.1 Å². The largest absolute Gasteiger partial charge is 0.497 e. The summed E-state index contributed by atoms with van der Waals surface area (Å²) in [7, 11) is -5.28. The van der Waals surface area contributed by atoms with Gasteiger partial charge in [-0.15, -0.1) is 0 Å². The van der Waals surface area contributed by atoms with Crippen LogP contribution in [0.2, 0.25) is 15.1 Å². The number of aromatic nitrogens is 4. The van der Waals surface area contributed by atoms with Gasteiger partial charge < -0.3 is 14.5 Å². The first kappa shape index (κ1) is 65.6. The van der Waals surface area contributed by atoms with Gasteiger partial charge in [0.15, 0.2) is 0 Å². The smallest absolute Gasteiger partial charge is 0.292 e. The number of hydrogen-bond donors (Lipinski definition) is 0. The molecule has 4 heterocycles. The van der Waals surface area contributed by atoms with Gasteiger partial charge in [-0.25, -0.2) is 16.8 Å². The predicted octanol–water partition coefficient (Wildman–Crippen LogP) is 11.2. The van der Waals surface area contributed by atoms with E-state index in [0.717, 1.165) is 21.8 Å². The quantitative estimate of drug-likeness (QED) is 0.101. The molecule has 0 amide bonds. The number of piperazine rings is 2. The van der Waals surface area contributed by atoms with Crippen LogP contribution < -0.4 is 25.7 Å². The van der Waals surface area contributed by atoms with Crippen LogP contribution in [0.15, 0.2) is 247 Å². The Morgan fingerprint density at radius 1 is 0.506 bits per heavy atom. The van der Waals surface area contributed by atoms with Crippen molar-refractivity contribution in [1.29, 1.82) is 0 Å². The van der Waals surface area contributed by atoms with E-state index in [1.54, 1.807) is 74.0 Å². The molecule has 0 bridgehead atoms. The lowest BCUT2D eigenvalue weighted by Crippen LogP contribution is -2.49. The van der Waals surface area contributed by atoms with Crippen LogP contribution in [0.3, 0.4) is 0 Å². The number of rotatable bonds is 13. The molecule has 432 valence electrons. The molecule has 21 heteroatoms. The summed E-state index contributed by atoms with van der Waals surface area (Å²) < 4.78 is 62.4. The number of halogens is 3. The van der Waals surface area contributed by atoms with Gasteiger partial charge in [-0.3, -0.25) is 9.59 Å². The molecule has 0 radical (unpaired) electrons. The van der Waals surface area contributed by atoms with E-state index in [9.17, 15) is 26.4 Å². The van der Waals surface area contributed by atoms with E-state index in [4.69, 9.17) is 39.5 Å². The summed E-state index contributed by atoms with van der Waals surface area (Å²) in [6, 6.07) is 39.4. The fourth-order valence-electron chi connectivity index (χ4n) is 8.19. The van der Waals surface area contributed by atoms with Crippen LogP contribution >= 0.6 is 46.6 Å². The van der Waals surface area contributed by atoms with Crippen molar-refractivity contribution in [1.82, 2.24) is 28.2 Å². The topological polar surface area (TPSA) is 160 Å². The standard InChI is InChI=1S/C28H27ClN4O4S2.C21H20Cl2N4O3S.C14H4.CH4/c1-37-24-11-13-25(14-12-24)38-27-26(19-30-33(28(27)34)23-9-7-22(29)8-10-23)31-15-17-32(18-16-31)39(35,36)20-21-5-3-2-4-6-21;22-17-6-8-18(9-7-17)27-21(28)20(23)19(14-24-27)25-10-12-26(13-11-25)31(29,30)15-16-4-2-1-3-5-16;1-3-5-7-9-11-13-14-12-10-8-6-4-2;/h2-14,19H,15-18,20H2,1H3;1-9,14H,10-13,15H2;1-2H2;1H4. The van der Waals surface area contributed by atoms with E-state index in [0.29, 0.717) is 90.0 Å². The maximum Gasteiger partial charge on any atom is 0.292 e. The molecule has 2 fully saturated rings. The molecule has 2 saturated heterocycles. The summed E-state index contributed by atoms with van der Waals surface area (Å²) in [6.07, 6.45) is 3.21. The summed E-state index contributed by atoms with van der Waals surface area (Å²) in [5.74, 6) is 0.652. The van der Waals surface area contributed by atoms with Gasteiger partial charge in [0.2, 0.25) is 20.0 Å². The molecule has 0 N–H and O–H groups in total. The molecule has 2 aliphatic heterocycles. The van der Waals surface area contributed by atoms with Gasteiger partial charge in [-0.05, 0) is 154 Å². The molecular weight excluding hydrogens is 1200 g/mol. The minimum absolute atomic E-state index is 0. The van der Waals surface area contributed by atoms with Crippen LogP contribution in [0.5, 0.6) is 5.75 Å². The minimum atomic E-state index is -3.46. The number of nitrogens with zero attached hydrogens (tertiary/aromatic N) is 8. The number of methoxy groups -OCH3 is 1. The fourth-order valence-corrected chi connectivity index (χ4v) is 12.7. The lowest BCUT2D eigenvalue weighted by Gasteiger charge is -2.36. The van der Waals surface area contributed by atoms with Gasteiger partial charge in [-0.2, -0.15) is 28.2 Å². The maximum absolute atomic E-state index is 13.8. The van der Waals surface area contributed by atoms with Crippen molar-refractivity contribution in [2.24, 2.45) is 0 Å². The summed E-state index contributed by atoms with van der Waals surface area (Å²) in [5, 5.41) is 9.87. The zero-order chi connectivity index (χ0) is 59.9. The van der Waals surface area contributed by atoms with Crippen molar-refractivity contribution in [3.05, 3.63) is 275 Å². The molecule has 0 aliphatic carbocycles. The number of hydrogen-bond acceptors (Lipinski definition) is 12. The van der Waals surface area contributed by atoms with Crippen molar-refractivity contribution in [2.75, 3.05) is 69.3 Å². The first-order valence-electron chi connectivity index (χ1n) is 25.4. The van der Waals surface area contributed by atoms with Crippen LogP contribution in [-0.2, 0) is 31.6 Å². The fraction of sp³-hybridized carbons (Fsp3) is 0.188. The van der Waals surface area contributed by atoms with Gasteiger partial charge in [0.05, 0.1) is 53.8 Å². The lowest BCUT2D eigenvalue weighted by atomic mass is 10.2. The van der Waals surface area contributed by atoms with Gasteiger partial charge in [0, 0.05) is 67.3 Å². The van der Waals surface area contributed by atoms with Crippen molar-refractivity contribution in [3.63, 3.8) is 0 Å². The Labute approximate surface area is 514 Å². The van der Waals surface area contributed by atoms with Crippen LogP contribution in [0, 0.1) is 0 Å². The summed E-state index contributed by atoms with van der Waals surface area (Å²) in [4.78, 5) is 31.8. The Bertz CT molecular complexity index is 4250. The Morgan fingerprint density at radius 2 is 0.882 bits per heavy atom. The third-order valence-corrected chi connectivity index (χ3v) is 18.0. The van der Waals surface area contributed by atoms with Crippen LogP contribution in [0.1, 0.15) is 18.6 Å². The summed E-state index contributed by atoms with van der Waals surface area (Å²) in [6.45, 7) is 9.55. The van der Waals surface area contributed by atoms with E-state index in [-0.39, 0.29) is 29.5 Å². The van der Waals surface area contributed by atoms with E-state index >= 15 is 0 Å². The monoisotopic (exact) mass is 1250 g/mol. The van der Waals surface area contributed by atoms with Crippen LogP contribution in [0.4, 0.5) is 11.4 Å². The second-order valence-corrected chi connectivity index (χ2v) is 24.0. The third kappa shape index (κ3) is 19.0. The highest BCUT2D eigenvalue weighted by Crippen LogP contribution is 2.35. The molecule has 0 saturated carbocycles. The summed E-state index contributed by atoms with van der Waals surface area (Å²) >= 11 is 19.7. The number of sulfonamides is 2. The highest BCUT2D eigenvalue weighted by molar-refractivity contribution is 7.99. The number of anilines is 2. The van der Waals surface area contributed by atoms with Crippen LogP contribution in [0.25, 0.3) is 11.4 Å². The minimum Gasteiger partial charge on any atom is -0.497 e. The molecule has 2 aromatic heterocycles. The van der Waals surface area contributed by atoms with Crippen molar-refractivity contribution in [2.45, 2.75) is 28.7 Å². The SMILES string of the molecule is C.C=C=C=C=C=C=C=C=C=C=C=C=C=C.COc1ccc(Sc2c(N3CCN(S(=O)(=O)Cc4ccccc4)CC3)cnn(-c3ccc(Cl)cc3)c2=O)cc1.O=c1c(Cl)c(N2CCN(S(=O)(=O)Cc3ccccc3)CC2)cnn1-c1ccc(Cl)cc1. The molecule has 0 atom stereocenters.